The van der Waals surface area contributed by atoms with E-state index in [1.165, 1.54) is 0 Å². The fourth-order valence-corrected chi connectivity index (χ4v) is 5.51. The lowest BCUT2D eigenvalue weighted by Gasteiger charge is -2.54. The van der Waals surface area contributed by atoms with Gasteiger partial charge in [0.25, 0.3) is 0 Å². The molecule has 0 spiro atoms. The van der Waals surface area contributed by atoms with Crippen LogP contribution in [0.2, 0.25) is 0 Å². The van der Waals surface area contributed by atoms with Gasteiger partial charge in [-0.2, -0.15) is 0 Å². The Bertz CT molecular complexity index is 463. The maximum Gasteiger partial charge on any atom is 0.311 e. The van der Waals surface area contributed by atoms with Crippen molar-refractivity contribution in [1.29, 1.82) is 0 Å². The molecular formula is C21H38O4. The zero-order valence-electron chi connectivity index (χ0n) is 17.0. The molecule has 0 radical (unpaired) electrons. The highest BCUT2D eigenvalue weighted by Crippen LogP contribution is 2.60. The van der Waals surface area contributed by atoms with Gasteiger partial charge in [0.15, 0.2) is 0 Å². The maximum atomic E-state index is 12.8. The summed E-state index contributed by atoms with van der Waals surface area (Å²) in [6, 6.07) is 0. The van der Waals surface area contributed by atoms with E-state index in [-0.39, 0.29) is 23.7 Å². The molecule has 1 aliphatic rings. The fraction of sp³-hybridized carbons (Fsp3) is 0.905. The average molecular weight is 355 g/mol. The van der Waals surface area contributed by atoms with E-state index >= 15 is 0 Å². The summed E-state index contributed by atoms with van der Waals surface area (Å²) in [6.45, 7) is 11.8. The molecule has 2 N–H and O–H groups in total. The number of carboxylic acid groups (broad SMARTS) is 2. The SMILES string of the molecule is CC(C)CC(C(=O)O)(C(C)C)C(CC(C)C)(C(=O)O)C1CCCCC1. The minimum Gasteiger partial charge on any atom is -0.481 e. The van der Waals surface area contributed by atoms with Crippen molar-refractivity contribution in [3.8, 4) is 0 Å². The molecule has 4 heteroatoms. The van der Waals surface area contributed by atoms with Crippen LogP contribution in [-0.2, 0) is 9.59 Å². The molecule has 4 nitrogen and oxygen atoms in total. The summed E-state index contributed by atoms with van der Waals surface area (Å²) < 4.78 is 0. The van der Waals surface area contributed by atoms with Crippen LogP contribution < -0.4 is 0 Å². The molecule has 1 saturated carbocycles. The molecule has 1 fully saturated rings. The summed E-state index contributed by atoms with van der Waals surface area (Å²) in [5, 5.41) is 20.9. The van der Waals surface area contributed by atoms with Crippen LogP contribution in [0.1, 0.15) is 86.5 Å². The minimum atomic E-state index is -1.24. The quantitative estimate of drug-likeness (QED) is 0.577. The number of carbonyl (C=O) groups is 2. The topological polar surface area (TPSA) is 74.6 Å². The zero-order valence-corrected chi connectivity index (χ0v) is 17.0. The van der Waals surface area contributed by atoms with Gasteiger partial charge in [0, 0.05) is 0 Å². The third kappa shape index (κ3) is 4.03. The molecule has 0 aromatic heterocycles. The third-order valence-electron chi connectivity index (χ3n) is 6.31. The number of hydrogen-bond acceptors (Lipinski definition) is 2. The third-order valence-corrected chi connectivity index (χ3v) is 6.31. The predicted octanol–water partition coefficient (Wildman–Crippen LogP) is 5.46. The van der Waals surface area contributed by atoms with Crippen LogP contribution in [0.25, 0.3) is 0 Å². The lowest BCUT2D eigenvalue weighted by atomic mass is 9.47. The molecule has 0 bridgehead atoms. The normalized spacial score (nSPS) is 21.3. The van der Waals surface area contributed by atoms with Crippen molar-refractivity contribution in [1.82, 2.24) is 0 Å². The van der Waals surface area contributed by atoms with Crippen molar-refractivity contribution in [2.75, 3.05) is 0 Å². The second-order valence-electron chi connectivity index (χ2n) is 9.24. The monoisotopic (exact) mass is 354 g/mol. The van der Waals surface area contributed by atoms with Gasteiger partial charge in [0.2, 0.25) is 0 Å². The molecule has 1 rings (SSSR count). The molecule has 0 saturated heterocycles. The molecule has 0 amide bonds. The molecule has 0 heterocycles. The van der Waals surface area contributed by atoms with Gasteiger partial charge in [0.1, 0.15) is 0 Å². The number of carboxylic acids is 2. The smallest absolute Gasteiger partial charge is 0.311 e. The van der Waals surface area contributed by atoms with E-state index < -0.39 is 22.8 Å². The highest BCUT2D eigenvalue weighted by atomic mass is 16.4. The first-order chi connectivity index (χ1) is 11.5. The van der Waals surface area contributed by atoms with Crippen LogP contribution in [0, 0.1) is 34.5 Å². The van der Waals surface area contributed by atoms with E-state index in [9.17, 15) is 19.8 Å². The van der Waals surface area contributed by atoms with Gasteiger partial charge in [-0.3, -0.25) is 9.59 Å². The summed E-state index contributed by atoms with van der Waals surface area (Å²) in [5.74, 6) is -1.84. The van der Waals surface area contributed by atoms with Gasteiger partial charge >= 0.3 is 11.9 Å². The standard InChI is InChI=1S/C21H38O4/c1-14(2)12-20(16(5)6,18(22)23)21(19(24)25,13-15(3)4)17-10-8-7-9-11-17/h14-17H,7-13H2,1-6H3,(H,22,23)(H,24,25). The highest BCUT2D eigenvalue weighted by Gasteiger charge is 2.65. The van der Waals surface area contributed by atoms with Crippen molar-refractivity contribution in [3.63, 3.8) is 0 Å². The van der Waals surface area contributed by atoms with E-state index in [4.69, 9.17) is 0 Å². The van der Waals surface area contributed by atoms with Crippen LogP contribution >= 0.6 is 0 Å². The van der Waals surface area contributed by atoms with Crippen molar-refractivity contribution in [2.24, 2.45) is 34.5 Å². The lowest BCUT2D eigenvalue weighted by Crippen LogP contribution is -2.60. The molecule has 0 aliphatic heterocycles. The van der Waals surface area contributed by atoms with Gasteiger partial charge in [0.05, 0.1) is 10.8 Å². The second kappa shape index (κ2) is 8.55. The van der Waals surface area contributed by atoms with Crippen LogP contribution in [0.5, 0.6) is 0 Å². The average Bonchev–Trinajstić information content (AvgIpc) is 2.49. The largest absolute Gasteiger partial charge is 0.481 e. The molecule has 2 atom stereocenters. The van der Waals surface area contributed by atoms with E-state index in [2.05, 4.69) is 0 Å². The van der Waals surface area contributed by atoms with E-state index in [1.54, 1.807) is 0 Å². The molecule has 146 valence electrons. The summed E-state index contributed by atoms with van der Waals surface area (Å²) in [7, 11) is 0. The van der Waals surface area contributed by atoms with Crippen molar-refractivity contribution in [2.45, 2.75) is 86.5 Å². The first-order valence-corrected chi connectivity index (χ1v) is 9.99. The highest BCUT2D eigenvalue weighted by molar-refractivity contribution is 5.87. The Balaban J connectivity index is 3.71. The predicted molar refractivity (Wildman–Crippen MR) is 100 cm³/mol. The summed E-state index contributed by atoms with van der Waals surface area (Å²) >= 11 is 0. The fourth-order valence-electron chi connectivity index (χ4n) is 5.51. The first-order valence-electron chi connectivity index (χ1n) is 9.99. The molecule has 2 unspecified atom stereocenters. The van der Waals surface area contributed by atoms with Gasteiger partial charge in [-0.15, -0.1) is 0 Å². The summed E-state index contributed by atoms with van der Waals surface area (Å²) in [5.41, 5.74) is -2.44. The van der Waals surface area contributed by atoms with E-state index in [0.717, 1.165) is 32.1 Å². The van der Waals surface area contributed by atoms with Gasteiger partial charge < -0.3 is 10.2 Å². The molecule has 0 aromatic rings. The minimum absolute atomic E-state index is 0.0570. The van der Waals surface area contributed by atoms with Crippen molar-refractivity contribution < 1.29 is 19.8 Å². The van der Waals surface area contributed by atoms with Gasteiger partial charge in [-0.1, -0.05) is 60.8 Å². The second-order valence-corrected chi connectivity index (χ2v) is 9.24. The Morgan fingerprint density at radius 1 is 0.840 bits per heavy atom. The maximum absolute atomic E-state index is 12.8. The van der Waals surface area contributed by atoms with Crippen molar-refractivity contribution >= 4 is 11.9 Å². The Morgan fingerprint density at radius 2 is 1.32 bits per heavy atom. The van der Waals surface area contributed by atoms with Gasteiger partial charge in [-0.25, -0.2) is 0 Å². The van der Waals surface area contributed by atoms with Crippen molar-refractivity contribution in [3.05, 3.63) is 0 Å². The van der Waals surface area contributed by atoms with E-state index in [0.29, 0.717) is 12.8 Å². The van der Waals surface area contributed by atoms with Gasteiger partial charge in [-0.05, 0) is 49.4 Å². The first kappa shape index (κ1) is 22.0. The number of hydrogen-bond donors (Lipinski definition) is 2. The Kier molecular flexibility index (Phi) is 7.52. The Labute approximate surface area is 153 Å². The molecule has 1 aliphatic carbocycles. The summed E-state index contributed by atoms with van der Waals surface area (Å²) in [4.78, 5) is 25.5. The number of rotatable bonds is 9. The lowest BCUT2D eigenvalue weighted by molar-refractivity contribution is -0.194. The summed E-state index contributed by atoms with van der Waals surface area (Å²) in [6.07, 6.45) is 5.65. The van der Waals surface area contributed by atoms with E-state index in [1.807, 2.05) is 41.5 Å². The van der Waals surface area contributed by atoms with Crippen LogP contribution in [0.3, 0.4) is 0 Å². The Morgan fingerprint density at radius 3 is 1.64 bits per heavy atom. The molecule has 0 aromatic carbocycles. The molecule has 25 heavy (non-hydrogen) atoms. The van der Waals surface area contributed by atoms with Crippen LogP contribution in [-0.4, -0.2) is 22.2 Å². The van der Waals surface area contributed by atoms with Crippen LogP contribution in [0.15, 0.2) is 0 Å². The Hall–Kier alpha value is -1.06. The number of aliphatic carboxylic acids is 2. The van der Waals surface area contributed by atoms with Crippen LogP contribution in [0.4, 0.5) is 0 Å². The zero-order chi connectivity index (χ0) is 19.4. The molecular weight excluding hydrogens is 316 g/mol.